The molecule has 0 saturated heterocycles. The molecule has 0 aromatic heterocycles. The molecule has 4 nitrogen and oxygen atoms in total. The smallest absolute Gasteiger partial charge is 0.369 e. The van der Waals surface area contributed by atoms with Gasteiger partial charge in [0.1, 0.15) is 6.04 Å². The largest absolute Gasteiger partial charge is 0.405 e. The SMILES string of the molecule is CCN(CC(N)=O)C(CN)C(F)(F)F. The first-order chi connectivity index (χ1) is 6.32. The van der Waals surface area contributed by atoms with Crippen LogP contribution in [0.25, 0.3) is 0 Å². The van der Waals surface area contributed by atoms with E-state index in [0.717, 1.165) is 4.90 Å². The fraction of sp³-hybridized carbons (Fsp3) is 0.857. The van der Waals surface area contributed by atoms with Crippen molar-refractivity contribution in [3.8, 4) is 0 Å². The third-order valence-corrected chi connectivity index (χ3v) is 1.81. The molecule has 0 aliphatic rings. The molecule has 4 N–H and O–H groups in total. The molecule has 0 aliphatic carbocycles. The zero-order valence-corrected chi connectivity index (χ0v) is 7.84. The molecule has 1 unspecified atom stereocenters. The Kier molecular flexibility index (Phi) is 4.86. The number of primary amides is 1. The van der Waals surface area contributed by atoms with Gasteiger partial charge in [-0.25, -0.2) is 0 Å². The van der Waals surface area contributed by atoms with E-state index in [2.05, 4.69) is 0 Å². The number of hydrogen-bond acceptors (Lipinski definition) is 3. The first-order valence-electron chi connectivity index (χ1n) is 4.12. The van der Waals surface area contributed by atoms with E-state index in [1.165, 1.54) is 6.92 Å². The molecule has 0 radical (unpaired) electrons. The topological polar surface area (TPSA) is 72.3 Å². The third-order valence-electron chi connectivity index (χ3n) is 1.81. The van der Waals surface area contributed by atoms with E-state index < -0.39 is 31.2 Å². The van der Waals surface area contributed by atoms with Gasteiger partial charge in [-0.05, 0) is 6.54 Å². The van der Waals surface area contributed by atoms with Crippen LogP contribution in [0, 0.1) is 0 Å². The van der Waals surface area contributed by atoms with Crippen molar-refractivity contribution in [1.82, 2.24) is 4.90 Å². The van der Waals surface area contributed by atoms with Gasteiger partial charge in [-0.15, -0.1) is 0 Å². The highest BCUT2D eigenvalue weighted by molar-refractivity contribution is 5.75. The molecule has 0 spiro atoms. The van der Waals surface area contributed by atoms with Crippen molar-refractivity contribution in [2.75, 3.05) is 19.6 Å². The summed E-state index contributed by atoms with van der Waals surface area (Å²) in [4.78, 5) is 11.4. The molecular weight excluding hydrogens is 199 g/mol. The number of hydrogen-bond donors (Lipinski definition) is 2. The highest BCUT2D eigenvalue weighted by Crippen LogP contribution is 2.23. The predicted octanol–water partition coefficient (Wildman–Crippen LogP) is -0.317. The summed E-state index contributed by atoms with van der Waals surface area (Å²) < 4.78 is 37.0. The molecule has 14 heavy (non-hydrogen) atoms. The Bertz CT molecular complexity index is 195. The second-order valence-corrected chi connectivity index (χ2v) is 2.82. The minimum absolute atomic E-state index is 0.0737. The third kappa shape index (κ3) is 3.93. The Balaban J connectivity index is 4.53. The normalized spacial score (nSPS) is 14.4. The van der Waals surface area contributed by atoms with Gasteiger partial charge in [-0.1, -0.05) is 6.92 Å². The number of likely N-dealkylation sites (N-methyl/N-ethyl adjacent to an activating group) is 1. The molecule has 7 heteroatoms. The van der Waals surface area contributed by atoms with Gasteiger partial charge in [-0.3, -0.25) is 9.69 Å². The van der Waals surface area contributed by atoms with Crippen LogP contribution < -0.4 is 11.5 Å². The quantitative estimate of drug-likeness (QED) is 0.657. The van der Waals surface area contributed by atoms with Gasteiger partial charge >= 0.3 is 6.18 Å². The number of nitrogens with two attached hydrogens (primary N) is 2. The maximum atomic E-state index is 12.3. The van der Waals surface area contributed by atoms with Crippen LogP contribution in [0.4, 0.5) is 13.2 Å². The number of nitrogens with zero attached hydrogens (tertiary/aromatic N) is 1. The van der Waals surface area contributed by atoms with Crippen molar-refractivity contribution in [3.05, 3.63) is 0 Å². The summed E-state index contributed by atoms with van der Waals surface area (Å²) in [6, 6.07) is -1.81. The lowest BCUT2D eigenvalue weighted by Gasteiger charge is -2.30. The van der Waals surface area contributed by atoms with Gasteiger partial charge in [0, 0.05) is 6.54 Å². The molecule has 0 bridgehead atoms. The molecule has 0 aromatic rings. The molecule has 1 atom stereocenters. The van der Waals surface area contributed by atoms with Gasteiger partial charge in [0.25, 0.3) is 0 Å². The lowest BCUT2D eigenvalue weighted by Crippen LogP contribution is -2.52. The lowest BCUT2D eigenvalue weighted by atomic mass is 10.2. The number of amides is 1. The molecule has 0 saturated carbocycles. The van der Waals surface area contributed by atoms with Gasteiger partial charge in [-0.2, -0.15) is 13.2 Å². The molecule has 1 amide bonds. The van der Waals surface area contributed by atoms with E-state index in [4.69, 9.17) is 11.5 Å². The van der Waals surface area contributed by atoms with E-state index >= 15 is 0 Å². The fourth-order valence-corrected chi connectivity index (χ4v) is 1.13. The minimum atomic E-state index is -4.43. The molecule has 0 aromatic carbocycles. The van der Waals surface area contributed by atoms with Gasteiger partial charge in [0.05, 0.1) is 6.54 Å². The number of alkyl halides is 3. The van der Waals surface area contributed by atoms with Crippen LogP contribution in [0.3, 0.4) is 0 Å². The fourth-order valence-electron chi connectivity index (χ4n) is 1.13. The number of carbonyl (C=O) groups is 1. The Morgan fingerprint density at radius 1 is 1.50 bits per heavy atom. The van der Waals surface area contributed by atoms with Gasteiger partial charge < -0.3 is 11.5 Å². The van der Waals surface area contributed by atoms with E-state index in [9.17, 15) is 18.0 Å². The first kappa shape index (κ1) is 13.2. The van der Waals surface area contributed by atoms with Crippen LogP contribution in [-0.2, 0) is 4.79 Å². The van der Waals surface area contributed by atoms with Crippen molar-refractivity contribution in [1.29, 1.82) is 0 Å². The molecular formula is C7H14F3N3O. The van der Waals surface area contributed by atoms with Crippen LogP contribution >= 0.6 is 0 Å². The Morgan fingerprint density at radius 3 is 2.21 bits per heavy atom. The summed E-state index contributed by atoms with van der Waals surface area (Å²) in [7, 11) is 0. The van der Waals surface area contributed by atoms with Crippen LogP contribution in [-0.4, -0.2) is 42.7 Å². The zero-order valence-electron chi connectivity index (χ0n) is 7.84. The van der Waals surface area contributed by atoms with Crippen LogP contribution in [0.2, 0.25) is 0 Å². The summed E-state index contributed by atoms with van der Waals surface area (Å²) in [6.45, 7) is 0.574. The summed E-state index contributed by atoms with van der Waals surface area (Å²) in [5.74, 6) is -0.797. The maximum absolute atomic E-state index is 12.3. The van der Waals surface area contributed by atoms with E-state index in [1.54, 1.807) is 0 Å². The Labute approximate surface area is 80.0 Å². The highest BCUT2D eigenvalue weighted by atomic mass is 19.4. The average Bonchev–Trinajstić information content (AvgIpc) is 2.00. The standard InChI is InChI=1S/C7H14F3N3O/c1-2-13(4-6(12)14)5(3-11)7(8,9)10/h5H,2-4,11H2,1H3,(H2,12,14). The number of rotatable bonds is 5. The maximum Gasteiger partial charge on any atom is 0.405 e. The summed E-state index contributed by atoms with van der Waals surface area (Å²) in [5.41, 5.74) is 9.81. The molecule has 0 heterocycles. The molecule has 84 valence electrons. The number of halogens is 3. The molecule has 0 aliphatic heterocycles. The molecule has 0 fully saturated rings. The lowest BCUT2D eigenvalue weighted by molar-refractivity contribution is -0.180. The minimum Gasteiger partial charge on any atom is -0.369 e. The Morgan fingerprint density at radius 2 is 2.00 bits per heavy atom. The Hall–Kier alpha value is -0.820. The second-order valence-electron chi connectivity index (χ2n) is 2.82. The van der Waals surface area contributed by atoms with Crippen LogP contribution in [0.1, 0.15) is 6.92 Å². The summed E-state index contributed by atoms with van der Waals surface area (Å²) in [5, 5.41) is 0. The van der Waals surface area contributed by atoms with E-state index in [1.807, 2.05) is 0 Å². The first-order valence-corrected chi connectivity index (χ1v) is 4.12. The van der Waals surface area contributed by atoms with Crippen molar-refractivity contribution in [3.63, 3.8) is 0 Å². The van der Waals surface area contributed by atoms with Gasteiger partial charge in [0.2, 0.25) is 5.91 Å². The van der Waals surface area contributed by atoms with Crippen molar-refractivity contribution < 1.29 is 18.0 Å². The molecule has 0 rings (SSSR count). The zero-order chi connectivity index (χ0) is 11.4. The second kappa shape index (κ2) is 5.16. The van der Waals surface area contributed by atoms with E-state index in [-0.39, 0.29) is 6.54 Å². The highest BCUT2D eigenvalue weighted by Gasteiger charge is 2.42. The van der Waals surface area contributed by atoms with Crippen molar-refractivity contribution in [2.24, 2.45) is 11.5 Å². The van der Waals surface area contributed by atoms with Gasteiger partial charge in [0.15, 0.2) is 0 Å². The monoisotopic (exact) mass is 213 g/mol. The van der Waals surface area contributed by atoms with Crippen molar-refractivity contribution >= 4 is 5.91 Å². The van der Waals surface area contributed by atoms with Crippen LogP contribution in [0.15, 0.2) is 0 Å². The average molecular weight is 213 g/mol. The number of carbonyl (C=O) groups excluding carboxylic acids is 1. The predicted molar refractivity (Wildman–Crippen MR) is 45.3 cm³/mol. The summed E-state index contributed by atoms with van der Waals surface area (Å²) >= 11 is 0. The summed E-state index contributed by atoms with van der Waals surface area (Å²) in [6.07, 6.45) is -4.43. The van der Waals surface area contributed by atoms with Crippen molar-refractivity contribution in [2.45, 2.75) is 19.1 Å². The van der Waals surface area contributed by atoms with E-state index in [0.29, 0.717) is 0 Å². The van der Waals surface area contributed by atoms with Crippen LogP contribution in [0.5, 0.6) is 0 Å².